The molecule has 3 rings (SSSR count). The fraction of sp³-hybridized carbons (Fsp3) is 0.818. The third kappa shape index (κ3) is 0.432. The normalized spacial score (nSPS) is 60.8. The van der Waals surface area contributed by atoms with Gasteiger partial charge in [-0.3, -0.25) is 0 Å². The Labute approximate surface area is 68.7 Å². The Kier molecular flexibility index (Phi) is 0.821. The lowest BCUT2D eigenvalue weighted by Crippen LogP contribution is -2.13. The summed E-state index contributed by atoms with van der Waals surface area (Å²) < 4.78 is 0. The van der Waals surface area contributed by atoms with Crippen LogP contribution in [-0.2, 0) is 0 Å². The summed E-state index contributed by atoms with van der Waals surface area (Å²) in [5, 5.41) is 0. The van der Waals surface area contributed by atoms with Crippen LogP contribution < -0.4 is 0 Å². The molecule has 3 aliphatic rings. The summed E-state index contributed by atoms with van der Waals surface area (Å²) in [7, 11) is 0. The maximum Gasteiger partial charge on any atom is 0.00204 e. The van der Waals surface area contributed by atoms with Crippen molar-refractivity contribution in [1.82, 2.24) is 0 Å². The summed E-state index contributed by atoms with van der Waals surface area (Å²) in [6.45, 7) is 7.07. The van der Waals surface area contributed by atoms with Gasteiger partial charge in [-0.05, 0) is 37.5 Å². The lowest BCUT2D eigenvalue weighted by Gasteiger charge is -2.16. The summed E-state index contributed by atoms with van der Waals surface area (Å²) in [5.41, 5.74) is 4.44. The van der Waals surface area contributed by atoms with E-state index in [2.05, 4.69) is 20.8 Å². The van der Waals surface area contributed by atoms with E-state index in [1.807, 2.05) is 5.57 Å². The van der Waals surface area contributed by atoms with Gasteiger partial charge >= 0.3 is 0 Å². The average Bonchev–Trinajstić information content (AvgIpc) is 2.86. The van der Waals surface area contributed by atoms with E-state index >= 15 is 0 Å². The first-order valence-corrected chi connectivity index (χ1v) is 4.93. The Morgan fingerprint density at radius 2 is 2.36 bits per heavy atom. The molecule has 60 valence electrons. The van der Waals surface area contributed by atoms with Crippen LogP contribution in [0.2, 0.25) is 0 Å². The zero-order valence-corrected chi connectivity index (χ0v) is 7.65. The predicted molar refractivity (Wildman–Crippen MR) is 46.2 cm³/mol. The van der Waals surface area contributed by atoms with Crippen LogP contribution in [0.4, 0.5) is 0 Å². The highest BCUT2D eigenvalue weighted by molar-refractivity contribution is 5.57. The Morgan fingerprint density at radius 3 is 2.73 bits per heavy atom. The van der Waals surface area contributed by atoms with Gasteiger partial charge in [-0.15, -0.1) is 0 Å². The van der Waals surface area contributed by atoms with Crippen LogP contribution in [0.1, 0.15) is 33.6 Å². The third-order valence-electron chi connectivity index (χ3n) is 4.49. The van der Waals surface area contributed by atoms with Gasteiger partial charge in [-0.1, -0.05) is 25.0 Å². The van der Waals surface area contributed by atoms with Crippen molar-refractivity contribution in [3.63, 3.8) is 0 Å². The lowest BCUT2D eigenvalue weighted by atomic mass is 9.87. The molecular formula is C11H16. The molecule has 0 amide bonds. The molecule has 4 atom stereocenters. The van der Waals surface area contributed by atoms with Crippen molar-refractivity contribution >= 4 is 0 Å². The minimum atomic E-state index is 0.847. The standard InChI is InChI=1S/C11H16/c1-4-6(2)9-10-7(3)8-5-11(8,9)10/h7-8,10H,4-5H2,1-3H3. The van der Waals surface area contributed by atoms with E-state index in [1.54, 1.807) is 12.0 Å². The quantitative estimate of drug-likeness (QED) is 0.501. The number of rotatable bonds is 1. The van der Waals surface area contributed by atoms with Gasteiger partial charge in [0.05, 0.1) is 0 Å². The molecule has 3 fully saturated rings. The second-order valence-corrected chi connectivity index (χ2v) is 4.74. The van der Waals surface area contributed by atoms with Crippen molar-refractivity contribution < 1.29 is 0 Å². The Balaban J connectivity index is 1.98. The van der Waals surface area contributed by atoms with Crippen LogP contribution in [0.3, 0.4) is 0 Å². The fourth-order valence-corrected chi connectivity index (χ4v) is 3.74. The minimum absolute atomic E-state index is 0.847. The van der Waals surface area contributed by atoms with E-state index in [9.17, 15) is 0 Å². The van der Waals surface area contributed by atoms with Crippen molar-refractivity contribution in [1.29, 1.82) is 0 Å². The van der Waals surface area contributed by atoms with E-state index in [4.69, 9.17) is 0 Å². The highest BCUT2D eigenvalue weighted by Crippen LogP contribution is 2.92. The molecule has 1 spiro atoms. The maximum absolute atomic E-state index is 2.44. The van der Waals surface area contributed by atoms with Crippen LogP contribution in [0.25, 0.3) is 0 Å². The maximum atomic E-state index is 2.44. The number of hydrogen-bond acceptors (Lipinski definition) is 0. The van der Waals surface area contributed by atoms with Gasteiger partial charge in [0.2, 0.25) is 0 Å². The molecule has 4 unspecified atom stereocenters. The van der Waals surface area contributed by atoms with Crippen LogP contribution >= 0.6 is 0 Å². The Hall–Kier alpha value is -0.260. The molecule has 0 aromatic rings. The zero-order valence-electron chi connectivity index (χ0n) is 7.65. The molecule has 0 heterocycles. The van der Waals surface area contributed by atoms with Crippen molar-refractivity contribution in [3.05, 3.63) is 11.1 Å². The monoisotopic (exact) mass is 148 g/mol. The number of allylic oxidation sites excluding steroid dienone is 2. The highest BCUT2D eigenvalue weighted by Gasteiger charge is 2.86. The largest absolute Gasteiger partial charge is 0.0735 e. The van der Waals surface area contributed by atoms with Crippen molar-refractivity contribution in [2.24, 2.45) is 23.2 Å². The van der Waals surface area contributed by atoms with Gasteiger partial charge in [0.15, 0.2) is 0 Å². The molecule has 0 radical (unpaired) electrons. The van der Waals surface area contributed by atoms with Crippen LogP contribution in [0, 0.1) is 23.2 Å². The summed E-state index contributed by atoms with van der Waals surface area (Å²) in [6, 6.07) is 0. The topological polar surface area (TPSA) is 0 Å². The van der Waals surface area contributed by atoms with Gasteiger partial charge in [-0.2, -0.15) is 0 Å². The average molecular weight is 148 g/mol. The summed E-state index contributed by atoms with van der Waals surface area (Å²) in [4.78, 5) is 0. The lowest BCUT2D eigenvalue weighted by molar-refractivity contribution is 0.302. The third-order valence-corrected chi connectivity index (χ3v) is 4.49. The second-order valence-electron chi connectivity index (χ2n) is 4.74. The smallest absolute Gasteiger partial charge is 0.00204 e. The van der Waals surface area contributed by atoms with Crippen LogP contribution in [-0.4, -0.2) is 0 Å². The molecule has 0 heteroatoms. The highest BCUT2D eigenvalue weighted by atomic mass is 14.9. The molecular weight excluding hydrogens is 132 g/mol. The summed E-state index contributed by atoms with van der Waals surface area (Å²) in [5.74, 6) is 3.24. The first kappa shape index (κ1) is 6.28. The fourth-order valence-electron chi connectivity index (χ4n) is 3.74. The molecule has 3 saturated carbocycles. The molecule has 0 nitrogen and oxygen atoms in total. The van der Waals surface area contributed by atoms with E-state index in [1.165, 1.54) is 6.42 Å². The van der Waals surface area contributed by atoms with Gasteiger partial charge in [0.1, 0.15) is 0 Å². The van der Waals surface area contributed by atoms with E-state index in [-0.39, 0.29) is 0 Å². The summed E-state index contributed by atoms with van der Waals surface area (Å²) in [6.07, 6.45) is 2.83. The van der Waals surface area contributed by atoms with Crippen molar-refractivity contribution in [2.75, 3.05) is 0 Å². The Bertz CT molecular complexity index is 261. The summed E-state index contributed by atoms with van der Waals surface area (Å²) >= 11 is 0. The minimum Gasteiger partial charge on any atom is -0.0735 e. The zero-order chi connectivity index (χ0) is 7.80. The molecule has 0 N–H and O–H groups in total. The van der Waals surface area contributed by atoms with E-state index in [0.29, 0.717) is 0 Å². The Morgan fingerprint density at radius 1 is 1.64 bits per heavy atom. The molecule has 3 aliphatic carbocycles. The first-order chi connectivity index (χ1) is 5.23. The molecule has 11 heavy (non-hydrogen) atoms. The molecule has 0 saturated heterocycles. The number of hydrogen-bond donors (Lipinski definition) is 0. The SMILES string of the molecule is CCC(C)=C1C2C(C)C3CC132. The van der Waals surface area contributed by atoms with Gasteiger partial charge in [-0.25, -0.2) is 0 Å². The molecule has 0 bridgehead atoms. The molecule has 0 aliphatic heterocycles. The molecule has 0 aromatic heterocycles. The van der Waals surface area contributed by atoms with Crippen LogP contribution in [0.15, 0.2) is 11.1 Å². The van der Waals surface area contributed by atoms with Gasteiger partial charge in [0, 0.05) is 5.41 Å². The van der Waals surface area contributed by atoms with Crippen LogP contribution in [0.5, 0.6) is 0 Å². The van der Waals surface area contributed by atoms with Crippen molar-refractivity contribution in [3.8, 4) is 0 Å². The first-order valence-electron chi connectivity index (χ1n) is 4.93. The van der Waals surface area contributed by atoms with Gasteiger partial charge in [0.25, 0.3) is 0 Å². The van der Waals surface area contributed by atoms with Crippen molar-refractivity contribution in [2.45, 2.75) is 33.6 Å². The predicted octanol–water partition coefficient (Wildman–Crippen LogP) is 3.00. The van der Waals surface area contributed by atoms with E-state index < -0.39 is 0 Å². The second kappa shape index (κ2) is 1.44. The van der Waals surface area contributed by atoms with E-state index in [0.717, 1.165) is 23.2 Å². The molecule has 0 aromatic carbocycles. The van der Waals surface area contributed by atoms with Gasteiger partial charge < -0.3 is 0 Å².